The largest absolute Gasteiger partial charge is 0.501 e. The van der Waals surface area contributed by atoms with Crippen LogP contribution in [0.15, 0.2) is 35.1 Å². The van der Waals surface area contributed by atoms with Gasteiger partial charge in [0.2, 0.25) is 0 Å². The van der Waals surface area contributed by atoms with Crippen molar-refractivity contribution in [2.75, 3.05) is 7.11 Å². The Morgan fingerprint density at radius 2 is 2.09 bits per heavy atom. The van der Waals surface area contributed by atoms with Gasteiger partial charge in [-0.3, -0.25) is 0 Å². The zero-order valence-electron chi connectivity index (χ0n) is 14.1. The average molecular weight is 300 g/mol. The predicted octanol–water partition coefficient (Wildman–Crippen LogP) is 4.37. The molecule has 0 aliphatic heterocycles. The first kappa shape index (κ1) is 14.6. The first-order valence-corrected chi connectivity index (χ1v) is 8.82. The van der Waals surface area contributed by atoms with Gasteiger partial charge in [-0.15, -0.1) is 0 Å². The average Bonchev–Trinajstić information content (AvgIpc) is 2.76. The molecular formula is C20H28O2. The van der Waals surface area contributed by atoms with Crippen LogP contribution in [0.25, 0.3) is 0 Å². The summed E-state index contributed by atoms with van der Waals surface area (Å²) < 4.78 is 5.47. The van der Waals surface area contributed by atoms with Gasteiger partial charge in [0.1, 0.15) is 0 Å². The highest BCUT2D eigenvalue weighted by molar-refractivity contribution is 5.34. The number of ether oxygens (including phenoxy) is 1. The highest BCUT2D eigenvalue weighted by Crippen LogP contribution is 2.61. The van der Waals surface area contributed by atoms with E-state index in [4.69, 9.17) is 4.74 Å². The van der Waals surface area contributed by atoms with Gasteiger partial charge in [-0.2, -0.15) is 0 Å². The second-order valence-electron chi connectivity index (χ2n) is 8.18. The zero-order valence-corrected chi connectivity index (χ0v) is 14.1. The number of fused-ring (bicyclic) bond motifs is 4. The molecule has 2 heteroatoms. The SMILES string of the molecule is COC1=CCC2=C(CC[C@@H]3[C@@H]2CC[C@@]2(C)[C@H]3C=C[C@]2(C)O)C1. The molecule has 0 saturated heterocycles. The highest BCUT2D eigenvalue weighted by atomic mass is 16.5. The van der Waals surface area contributed by atoms with Crippen LogP contribution in [0.4, 0.5) is 0 Å². The molecule has 0 amide bonds. The molecule has 0 spiro atoms. The minimum Gasteiger partial charge on any atom is -0.501 e. The van der Waals surface area contributed by atoms with Crippen LogP contribution in [-0.2, 0) is 4.74 Å². The Morgan fingerprint density at radius 3 is 2.86 bits per heavy atom. The van der Waals surface area contributed by atoms with Crippen LogP contribution in [0.2, 0.25) is 0 Å². The van der Waals surface area contributed by atoms with Gasteiger partial charge in [-0.05, 0) is 62.9 Å². The maximum Gasteiger partial charge on any atom is 0.0959 e. The van der Waals surface area contributed by atoms with Gasteiger partial charge in [0.05, 0.1) is 18.5 Å². The third kappa shape index (κ3) is 1.83. The van der Waals surface area contributed by atoms with Gasteiger partial charge in [0, 0.05) is 11.8 Å². The van der Waals surface area contributed by atoms with E-state index in [-0.39, 0.29) is 5.41 Å². The number of rotatable bonds is 1. The summed E-state index contributed by atoms with van der Waals surface area (Å²) in [5.41, 5.74) is 2.76. The number of aliphatic hydroxyl groups is 1. The Balaban J connectivity index is 1.63. The molecule has 4 rings (SSSR count). The third-order valence-electron chi connectivity index (χ3n) is 7.35. The maximum absolute atomic E-state index is 10.8. The quantitative estimate of drug-likeness (QED) is 0.729. The van der Waals surface area contributed by atoms with E-state index in [1.165, 1.54) is 19.3 Å². The van der Waals surface area contributed by atoms with Crippen LogP contribution in [0.5, 0.6) is 0 Å². The number of hydrogen-bond acceptors (Lipinski definition) is 2. The van der Waals surface area contributed by atoms with Gasteiger partial charge in [0.25, 0.3) is 0 Å². The lowest BCUT2D eigenvalue weighted by atomic mass is 9.52. The van der Waals surface area contributed by atoms with Crippen LogP contribution in [0.1, 0.15) is 52.4 Å². The molecule has 4 aliphatic rings. The van der Waals surface area contributed by atoms with Crippen molar-refractivity contribution in [3.63, 3.8) is 0 Å². The smallest absolute Gasteiger partial charge is 0.0959 e. The zero-order chi connectivity index (χ0) is 15.5. The Bertz CT molecular complexity index is 581. The van der Waals surface area contributed by atoms with Crippen LogP contribution in [-0.4, -0.2) is 17.8 Å². The molecule has 2 nitrogen and oxygen atoms in total. The van der Waals surface area contributed by atoms with Crippen molar-refractivity contribution >= 4 is 0 Å². The third-order valence-corrected chi connectivity index (χ3v) is 7.35. The first-order chi connectivity index (χ1) is 10.5. The first-order valence-electron chi connectivity index (χ1n) is 8.82. The van der Waals surface area contributed by atoms with Crippen LogP contribution >= 0.6 is 0 Å². The molecule has 0 heterocycles. The lowest BCUT2D eigenvalue weighted by molar-refractivity contribution is -0.0796. The van der Waals surface area contributed by atoms with E-state index in [0.29, 0.717) is 5.92 Å². The summed E-state index contributed by atoms with van der Waals surface area (Å²) in [6, 6.07) is 0. The fourth-order valence-corrected chi connectivity index (χ4v) is 5.72. The van der Waals surface area contributed by atoms with E-state index in [9.17, 15) is 5.11 Å². The van der Waals surface area contributed by atoms with Crippen LogP contribution in [0, 0.1) is 23.2 Å². The van der Waals surface area contributed by atoms with Gasteiger partial charge in [-0.25, -0.2) is 0 Å². The molecule has 0 bridgehead atoms. The van der Waals surface area contributed by atoms with Gasteiger partial charge in [-0.1, -0.05) is 30.2 Å². The van der Waals surface area contributed by atoms with E-state index in [1.807, 2.05) is 6.92 Å². The van der Waals surface area contributed by atoms with Crippen molar-refractivity contribution in [2.24, 2.45) is 23.2 Å². The molecule has 0 unspecified atom stereocenters. The van der Waals surface area contributed by atoms with Gasteiger partial charge >= 0.3 is 0 Å². The Morgan fingerprint density at radius 1 is 1.27 bits per heavy atom. The summed E-state index contributed by atoms with van der Waals surface area (Å²) in [6.45, 7) is 4.31. The summed E-state index contributed by atoms with van der Waals surface area (Å²) >= 11 is 0. The molecular weight excluding hydrogens is 272 g/mol. The highest BCUT2D eigenvalue weighted by Gasteiger charge is 2.57. The molecule has 0 aromatic carbocycles. The molecule has 0 radical (unpaired) electrons. The number of allylic oxidation sites excluding steroid dienone is 4. The van der Waals surface area contributed by atoms with Crippen LogP contribution in [0.3, 0.4) is 0 Å². The standard InChI is InChI=1S/C20H28O2/c1-19-10-8-16-15-7-5-14(22-3)12-13(15)4-6-17(16)18(19)9-11-20(19,2)21/h5,9,11,16-18,21H,4,6-8,10,12H2,1-3H3/t16-,17-,18+,19+,20+/m1/s1. The van der Waals surface area contributed by atoms with E-state index < -0.39 is 5.60 Å². The summed E-state index contributed by atoms with van der Waals surface area (Å²) in [5, 5.41) is 10.8. The van der Waals surface area contributed by atoms with E-state index >= 15 is 0 Å². The second-order valence-corrected chi connectivity index (χ2v) is 8.18. The van der Waals surface area contributed by atoms with E-state index in [0.717, 1.165) is 36.9 Å². The summed E-state index contributed by atoms with van der Waals surface area (Å²) in [5.74, 6) is 3.15. The molecule has 4 aliphatic carbocycles. The lowest BCUT2D eigenvalue weighted by Gasteiger charge is -2.53. The summed E-state index contributed by atoms with van der Waals surface area (Å²) in [7, 11) is 1.79. The fraction of sp³-hybridized carbons (Fsp3) is 0.700. The normalized spacial score (nSPS) is 46.7. The van der Waals surface area contributed by atoms with Crippen molar-refractivity contribution in [3.05, 3.63) is 35.1 Å². The van der Waals surface area contributed by atoms with E-state index in [1.54, 1.807) is 18.3 Å². The van der Waals surface area contributed by atoms with Crippen molar-refractivity contribution in [3.8, 4) is 0 Å². The summed E-state index contributed by atoms with van der Waals surface area (Å²) in [4.78, 5) is 0. The molecule has 120 valence electrons. The molecule has 1 N–H and O–H groups in total. The maximum atomic E-state index is 10.8. The van der Waals surface area contributed by atoms with Crippen molar-refractivity contribution in [1.29, 1.82) is 0 Å². The Hall–Kier alpha value is -1.02. The van der Waals surface area contributed by atoms with Gasteiger partial charge in [0.15, 0.2) is 0 Å². The minimum absolute atomic E-state index is 0.0361. The Labute approximate surface area is 133 Å². The monoisotopic (exact) mass is 300 g/mol. The van der Waals surface area contributed by atoms with Crippen molar-refractivity contribution < 1.29 is 9.84 Å². The lowest BCUT2D eigenvalue weighted by Crippen LogP contribution is -2.50. The van der Waals surface area contributed by atoms with Crippen LogP contribution < -0.4 is 0 Å². The van der Waals surface area contributed by atoms with Crippen molar-refractivity contribution in [1.82, 2.24) is 0 Å². The molecule has 0 aromatic rings. The molecule has 5 atom stereocenters. The predicted molar refractivity (Wildman–Crippen MR) is 88.2 cm³/mol. The molecule has 1 fully saturated rings. The number of hydrogen-bond donors (Lipinski definition) is 1. The molecule has 22 heavy (non-hydrogen) atoms. The summed E-state index contributed by atoms with van der Waals surface area (Å²) in [6.07, 6.45) is 13.7. The molecule has 0 aromatic heterocycles. The minimum atomic E-state index is -0.632. The molecule has 1 saturated carbocycles. The topological polar surface area (TPSA) is 29.5 Å². The Kier molecular flexibility index (Phi) is 3.14. The van der Waals surface area contributed by atoms with Gasteiger partial charge < -0.3 is 9.84 Å². The fourth-order valence-electron chi connectivity index (χ4n) is 5.72. The van der Waals surface area contributed by atoms with E-state index in [2.05, 4.69) is 25.2 Å². The number of methoxy groups -OCH3 is 1. The van der Waals surface area contributed by atoms with Crippen molar-refractivity contribution in [2.45, 2.75) is 58.0 Å². The second kappa shape index (κ2) is 4.74.